The molecule has 0 spiro atoms. The molecular formula is C7H9ClO3S. The fourth-order valence-corrected chi connectivity index (χ4v) is 1.38. The van der Waals surface area contributed by atoms with Crippen molar-refractivity contribution in [2.45, 2.75) is 5.75 Å². The Kier molecular flexibility index (Phi) is 4.23. The monoisotopic (exact) mass is 208 g/mol. The van der Waals surface area contributed by atoms with Crippen LogP contribution in [-0.2, 0) is 15.9 Å². The minimum absolute atomic E-state index is 0. The Hall–Kier alpha value is -0.580. The molecule has 0 radical (unpaired) electrons. The molecule has 5 heteroatoms. The van der Waals surface area contributed by atoms with E-state index in [4.69, 9.17) is 0 Å². The second-order valence-corrected chi connectivity index (χ2v) is 3.59. The van der Waals surface area contributed by atoms with E-state index in [-0.39, 0.29) is 12.4 Å². The number of hydrogen-bond acceptors (Lipinski definition) is 3. The summed E-state index contributed by atoms with van der Waals surface area (Å²) in [5.41, 5.74) is 0.530. The van der Waals surface area contributed by atoms with Crippen molar-refractivity contribution in [3.63, 3.8) is 0 Å². The van der Waals surface area contributed by atoms with Crippen LogP contribution in [0.2, 0.25) is 0 Å². The molecule has 0 heterocycles. The maximum Gasteiger partial charge on any atom is 0.0988 e. The van der Waals surface area contributed by atoms with Crippen LogP contribution in [-0.4, -0.2) is 13.0 Å². The molecule has 1 aromatic rings. The molecule has 1 aromatic carbocycles. The molecule has 3 nitrogen and oxygen atoms in total. The van der Waals surface area contributed by atoms with Gasteiger partial charge in [-0.25, -0.2) is 8.42 Å². The average molecular weight is 209 g/mol. The summed E-state index contributed by atoms with van der Waals surface area (Å²) in [5.74, 6) is -0.423. The van der Waals surface area contributed by atoms with Gasteiger partial charge in [-0.1, -0.05) is 30.3 Å². The largest absolute Gasteiger partial charge is 0.748 e. The van der Waals surface area contributed by atoms with E-state index in [1.54, 1.807) is 30.3 Å². The van der Waals surface area contributed by atoms with Crippen LogP contribution in [0.3, 0.4) is 0 Å². The van der Waals surface area contributed by atoms with Gasteiger partial charge in [0, 0.05) is 0 Å². The third-order valence-corrected chi connectivity index (χ3v) is 1.87. The normalized spacial score (nSPS) is 10.4. The van der Waals surface area contributed by atoms with E-state index < -0.39 is 15.9 Å². The van der Waals surface area contributed by atoms with Crippen LogP contribution in [0.25, 0.3) is 0 Å². The van der Waals surface area contributed by atoms with E-state index in [2.05, 4.69) is 0 Å². The van der Waals surface area contributed by atoms with E-state index in [9.17, 15) is 13.0 Å². The zero-order valence-electron chi connectivity index (χ0n) is 6.17. The third-order valence-electron chi connectivity index (χ3n) is 1.19. The van der Waals surface area contributed by atoms with Crippen molar-refractivity contribution in [1.82, 2.24) is 0 Å². The highest BCUT2D eigenvalue weighted by atomic mass is 35.5. The van der Waals surface area contributed by atoms with Gasteiger partial charge in [-0.3, -0.25) is 0 Å². The van der Waals surface area contributed by atoms with Crippen molar-refractivity contribution in [3.05, 3.63) is 35.9 Å². The zero-order chi connectivity index (χ0) is 8.32. The Morgan fingerprint density at radius 1 is 1.17 bits per heavy atom. The first-order valence-corrected chi connectivity index (χ1v) is 4.63. The lowest BCUT2D eigenvalue weighted by molar-refractivity contribution is -0.00000674. The zero-order valence-corrected chi connectivity index (χ0v) is 7.88. The summed E-state index contributed by atoms with van der Waals surface area (Å²) < 4.78 is 30.7. The van der Waals surface area contributed by atoms with Crippen LogP contribution in [0.4, 0.5) is 0 Å². The van der Waals surface area contributed by atoms with Gasteiger partial charge >= 0.3 is 0 Å². The lowest BCUT2D eigenvalue weighted by atomic mass is 10.2. The molecule has 0 bridgehead atoms. The number of benzene rings is 1. The fourth-order valence-electron chi connectivity index (χ4n) is 0.778. The van der Waals surface area contributed by atoms with E-state index >= 15 is 0 Å². The Bertz CT molecular complexity index is 320. The molecule has 0 atom stereocenters. The van der Waals surface area contributed by atoms with Crippen molar-refractivity contribution in [1.29, 1.82) is 0 Å². The van der Waals surface area contributed by atoms with Gasteiger partial charge in [0.2, 0.25) is 0 Å². The summed E-state index contributed by atoms with van der Waals surface area (Å²) in [6, 6.07) is 8.37. The van der Waals surface area contributed by atoms with E-state index in [1.807, 2.05) is 0 Å². The van der Waals surface area contributed by atoms with Crippen LogP contribution in [0, 0.1) is 12.4 Å². The predicted molar refractivity (Wildman–Crippen MR) is 42.6 cm³/mol. The Morgan fingerprint density at radius 3 is 2.08 bits per heavy atom. The van der Waals surface area contributed by atoms with Crippen LogP contribution < -0.4 is 0 Å². The summed E-state index contributed by atoms with van der Waals surface area (Å²) in [5, 5.41) is 0. The Balaban J connectivity index is 0.00000121. The molecule has 0 aliphatic heterocycles. The highest BCUT2D eigenvalue weighted by molar-refractivity contribution is 7.84. The molecule has 0 amide bonds. The average Bonchev–Trinajstić information content (AvgIpc) is 1.85. The van der Waals surface area contributed by atoms with Crippen molar-refractivity contribution in [2.24, 2.45) is 0 Å². The van der Waals surface area contributed by atoms with Crippen LogP contribution >= 0.6 is 0 Å². The predicted octanol–water partition coefficient (Wildman–Crippen LogP) is 0.196. The summed E-state index contributed by atoms with van der Waals surface area (Å²) in [6.45, 7) is 0. The van der Waals surface area contributed by atoms with Crippen molar-refractivity contribution < 1.29 is 25.4 Å². The second kappa shape index (κ2) is 4.45. The summed E-state index contributed by atoms with van der Waals surface area (Å²) >= 11 is 0. The van der Waals surface area contributed by atoms with Gasteiger partial charge in [0.15, 0.2) is 0 Å². The molecule has 68 valence electrons. The number of halogens is 1. The van der Waals surface area contributed by atoms with Gasteiger partial charge in [-0.2, -0.15) is 0 Å². The molecule has 0 unspecified atom stereocenters. The van der Waals surface area contributed by atoms with Gasteiger partial charge in [0.05, 0.1) is 28.3 Å². The van der Waals surface area contributed by atoms with E-state index in [1.165, 1.54) is 0 Å². The van der Waals surface area contributed by atoms with Gasteiger partial charge < -0.3 is 4.55 Å². The van der Waals surface area contributed by atoms with Gasteiger partial charge in [-0.15, -0.1) is 0 Å². The maximum absolute atomic E-state index is 10.2. The molecule has 1 rings (SSSR count). The Morgan fingerprint density at radius 2 is 1.67 bits per heavy atom. The molecule has 0 N–H and O–H groups in total. The van der Waals surface area contributed by atoms with Crippen molar-refractivity contribution in [2.75, 3.05) is 0 Å². The Labute approximate surface area is 77.6 Å². The highest BCUT2D eigenvalue weighted by Crippen LogP contribution is 2.02. The van der Waals surface area contributed by atoms with E-state index in [0.29, 0.717) is 5.56 Å². The second-order valence-electron chi connectivity index (χ2n) is 2.19. The quantitative estimate of drug-likeness (QED) is 0.653. The summed E-state index contributed by atoms with van der Waals surface area (Å²) in [7, 11) is -4.13. The molecule has 0 aromatic heterocycles. The third kappa shape index (κ3) is 4.33. The van der Waals surface area contributed by atoms with Crippen molar-refractivity contribution in [3.8, 4) is 0 Å². The highest BCUT2D eigenvalue weighted by Gasteiger charge is 1.95. The fraction of sp³-hybridized carbons (Fsp3) is 0.143. The first-order valence-electron chi connectivity index (χ1n) is 3.05. The first-order chi connectivity index (χ1) is 5.08. The number of rotatable bonds is 2. The SMILES string of the molecule is O=S(=O)([O-])Cc1ccccc1.[ClH2+]. The molecule has 0 aliphatic carbocycles. The van der Waals surface area contributed by atoms with Crippen LogP contribution in [0.5, 0.6) is 0 Å². The van der Waals surface area contributed by atoms with Gasteiger partial charge in [0.1, 0.15) is 0 Å². The molecular weight excluding hydrogens is 200 g/mol. The molecule has 0 saturated heterocycles. The molecule has 12 heavy (non-hydrogen) atoms. The molecule has 0 aliphatic rings. The standard InChI is InChI=1S/C7H8O3S.ClH2/c8-11(9,10)6-7-4-2-1-3-5-7;/h1-5H,6H2,(H,8,9,10);1H2/q;+1/p-1. The summed E-state index contributed by atoms with van der Waals surface area (Å²) in [4.78, 5) is 0. The van der Waals surface area contributed by atoms with Crippen LogP contribution in [0.15, 0.2) is 30.3 Å². The topological polar surface area (TPSA) is 57.2 Å². The smallest absolute Gasteiger partial charge is 0.0988 e. The lowest BCUT2D eigenvalue weighted by Gasteiger charge is -2.05. The van der Waals surface area contributed by atoms with E-state index in [0.717, 1.165) is 0 Å². The van der Waals surface area contributed by atoms with Crippen molar-refractivity contribution >= 4 is 10.1 Å². The first kappa shape index (κ1) is 11.4. The van der Waals surface area contributed by atoms with Crippen LogP contribution in [0.1, 0.15) is 5.56 Å². The summed E-state index contributed by atoms with van der Waals surface area (Å²) in [6.07, 6.45) is 0. The number of hydrogen-bond donors (Lipinski definition) is 0. The minimum Gasteiger partial charge on any atom is -0.748 e. The van der Waals surface area contributed by atoms with Gasteiger partial charge in [-0.05, 0) is 5.56 Å². The van der Waals surface area contributed by atoms with Gasteiger partial charge in [0.25, 0.3) is 0 Å². The maximum atomic E-state index is 10.2. The minimum atomic E-state index is -4.13. The molecule has 0 saturated carbocycles. The molecule has 0 fully saturated rings. The lowest BCUT2D eigenvalue weighted by Crippen LogP contribution is -2.01.